The Bertz CT molecular complexity index is 624. The molecule has 0 aromatic carbocycles. The molecule has 0 aromatic heterocycles. The van der Waals surface area contributed by atoms with Crippen LogP contribution in [0.4, 0.5) is 0 Å². The van der Waals surface area contributed by atoms with Crippen molar-refractivity contribution in [2.75, 3.05) is 11.5 Å². The van der Waals surface area contributed by atoms with E-state index in [9.17, 15) is 9.59 Å². The monoisotopic (exact) mass is 360 g/mol. The molecule has 0 N–H and O–H groups in total. The Hall–Kier alpha value is -0.570. The largest absolute Gasteiger partial charge is 0.299 e. The molecule has 0 radical (unpaired) electrons. The van der Waals surface area contributed by atoms with Gasteiger partial charge in [-0.25, -0.2) is 0 Å². The molecule has 25 heavy (non-hydrogen) atoms. The summed E-state index contributed by atoms with van der Waals surface area (Å²) < 4.78 is 0. The lowest BCUT2D eigenvalue weighted by Crippen LogP contribution is -2.52. The summed E-state index contributed by atoms with van der Waals surface area (Å²) in [5.74, 6) is 5.42. The van der Waals surface area contributed by atoms with E-state index in [1.165, 1.54) is 24.2 Å². The number of rotatable bonds is 3. The lowest BCUT2D eigenvalue weighted by atomic mass is 9.47. The third-order valence-electron chi connectivity index (χ3n) is 8.26. The van der Waals surface area contributed by atoms with Gasteiger partial charge in [0.05, 0.1) is 0 Å². The quantitative estimate of drug-likeness (QED) is 0.705. The van der Waals surface area contributed by atoms with Gasteiger partial charge in [0.1, 0.15) is 5.78 Å². The van der Waals surface area contributed by atoms with Crippen molar-refractivity contribution in [1.29, 1.82) is 0 Å². The maximum absolute atomic E-state index is 12.9. The molecule has 0 amide bonds. The van der Waals surface area contributed by atoms with Gasteiger partial charge in [0.2, 0.25) is 0 Å². The smallest absolute Gasteiger partial charge is 0.155 e. The van der Waals surface area contributed by atoms with E-state index in [4.69, 9.17) is 0 Å². The van der Waals surface area contributed by atoms with Crippen LogP contribution in [-0.2, 0) is 9.59 Å². The maximum atomic E-state index is 12.9. The number of hydrogen-bond acceptors (Lipinski definition) is 3. The third-order valence-corrected chi connectivity index (χ3v) is 9.38. The fourth-order valence-electron chi connectivity index (χ4n) is 7.03. The SMILES string of the molecule is CCSC[C@]12CCC(=O)C=C1CC[C@@H]1[C@H]2CC[C@]2(C)C(=O)C(C)C[C@@H]12. The van der Waals surface area contributed by atoms with E-state index in [1.807, 2.05) is 6.08 Å². The summed E-state index contributed by atoms with van der Waals surface area (Å²) in [6.07, 6.45) is 9.45. The topological polar surface area (TPSA) is 34.1 Å². The fourth-order valence-corrected chi connectivity index (χ4v) is 8.14. The summed E-state index contributed by atoms with van der Waals surface area (Å²) in [4.78, 5) is 24.9. The molecular weight excluding hydrogens is 328 g/mol. The van der Waals surface area contributed by atoms with Gasteiger partial charge in [-0.1, -0.05) is 26.3 Å². The van der Waals surface area contributed by atoms with Gasteiger partial charge in [-0.3, -0.25) is 9.59 Å². The molecule has 0 heterocycles. The average molecular weight is 361 g/mol. The zero-order valence-electron chi connectivity index (χ0n) is 16.0. The van der Waals surface area contributed by atoms with Crippen molar-refractivity contribution in [3.05, 3.63) is 11.6 Å². The number of carbonyl (C=O) groups excluding carboxylic acids is 2. The molecule has 138 valence electrons. The normalized spacial score (nSPS) is 46.3. The number of thioether (sulfide) groups is 1. The molecule has 4 aliphatic rings. The van der Waals surface area contributed by atoms with Crippen LogP contribution in [0.15, 0.2) is 11.6 Å². The van der Waals surface area contributed by atoms with Gasteiger partial charge < -0.3 is 0 Å². The van der Waals surface area contributed by atoms with E-state index in [0.717, 1.165) is 37.9 Å². The molecular formula is C22H32O2S. The van der Waals surface area contributed by atoms with Crippen molar-refractivity contribution in [3.8, 4) is 0 Å². The van der Waals surface area contributed by atoms with Crippen LogP contribution in [0, 0.1) is 34.5 Å². The first-order chi connectivity index (χ1) is 11.9. The van der Waals surface area contributed by atoms with Crippen LogP contribution in [-0.4, -0.2) is 23.1 Å². The summed E-state index contributed by atoms with van der Waals surface area (Å²) >= 11 is 2.05. The number of hydrogen-bond donors (Lipinski definition) is 0. The third kappa shape index (κ3) is 2.51. The highest BCUT2D eigenvalue weighted by Gasteiger charge is 2.61. The molecule has 3 fully saturated rings. The van der Waals surface area contributed by atoms with E-state index < -0.39 is 0 Å². The minimum Gasteiger partial charge on any atom is -0.299 e. The van der Waals surface area contributed by atoms with Crippen LogP contribution in [0.1, 0.15) is 65.7 Å². The molecule has 0 saturated heterocycles. The molecule has 4 aliphatic carbocycles. The van der Waals surface area contributed by atoms with Gasteiger partial charge in [0.15, 0.2) is 5.78 Å². The lowest BCUT2D eigenvalue weighted by molar-refractivity contribution is -0.134. The Morgan fingerprint density at radius 3 is 2.72 bits per heavy atom. The van der Waals surface area contributed by atoms with E-state index >= 15 is 0 Å². The predicted octanol–water partition coefficient (Wildman–Crippen LogP) is 5.07. The first-order valence-electron chi connectivity index (χ1n) is 10.3. The Morgan fingerprint density at radius 2 is 1.96 bits per heavy atom. The Labute approximate surface area is 156 Å². The Morgan fingerprint density at radius 1 is 1.16 bits per heavy atom. The van der Waals surface area contributed by atoms with Crippen molar-refractivity contribution in [3.63, 3.8) is 0 Å². The summed E-state index contributed by atoms with van der Waals surface area (Å²) in [5.41, 5.74) is 1.64. The standard InChI is InChI=1S/C22H32O2S/c1-4-25-13-22-10-7-16(23)12-15(22)5-6-17-18(22)8-9-21(3)19(17)11-14(2)20(21)24/h12,14,17-19H,4-11,13H2,1-3H3/t14?,17-,18-,19+,21+,22-/m1/s1. The van der Waals surface area contributed by atoms with Crippen LogP contribution in [0.2, 0.25) is 0 Å². The number of Topliss-reactive ketones (excluding diaryl/α,β-unsaturated/α-hetero) is 1. The van der Waals surface area contributed by atoms with Gasteiger partial charge in [-0.05, 0) is 68.1 Å². The molecule has 1 unspecified atom stereocenters. The molecule has 6 atom stereocenters. The molecule has 4 rings (SSSR count). The van der Waals surface area contributed by atoms with Crippen LogP contribution in [0.25, 0.3) is 0 Å². The highest BCUT2D eigenvalue weighted by Crippen LogP contribution is 2.65. The molecule has 0 bridgehead atoms. The summed E-state index contributed by atoms with van der Waals surface area (Å²) in [7, 11) is 0. The minimum atomic E-state index is -0.0641. The fraction of sp³-hybridized carbons (Fsp3) is 0.818. The Kier molecular flexibility index (Phi) is 4.46. The van der Waals surface area contributed by atoms with Crippen LogP contribution in [0.5, 0.6) is 0 Å². The lowest BCUT2D eigenvalue weighted by Gasteiger charge is -2.58. The van der Waals surface area contributed by atoms with Gasteiger partial charge in [-0.15, -0.1) is 0 Å². The molecule has 3 saturated carbocycles. The molecule has 3 heteroatoms. The van der Waals surface area contributed by atoms with Crippen molar-refractivity contribution < 1.29 is 9.59 Å². The first kappa shape index (κ1) is 17.8. The summed E-state index contributed by atoms with van der Waals surface area (Å²) in [5, 5.41) is 0. The van der Waals surface area contributed by atoms with E-state index in [1.54, 1.807) is 0 Å². The highest BCUT2D eigenvalue weighted by molar-refractivity contribution is 7.99. The number of carbonyl (C=O) groups is 2. The summed E-state index contributed by atoms with van der Waals surface area (Å²) in [6.45, 7) is 6.66. The second-order valence-electron chi connectivity index (χ2n) is 9.30. The highest BCUT2D eigenvalue weighted by atomic mass is 32.2. The van der Waals surface area contributed by atoms with Gasteiger partial charge in [-0.2, -0.15) is 11.8 Å². The van der Waals surface area contributed by atoms with E-state index in [2.05, 4.69) is 32.5 Å². The van der Waals surface area contributed by atoms with E-state index in [0.29, 0.717) is 29.3 Å². The summed E-state index contributed by atoms with van der Waals surface area (Å²) in [6, 6.07) is 0. The van der Waals surface area contributed by atoms with Crippen LogP contribution in [0.3, 0.4) is 0 Å². The van der Waals surface area contributed by atoms with Gasteiger partial charge in [0, 0.05) is 28.9 Å². The van der Waals surface area contributed by atoms with E-state index in [-0.39, 0.29) is 16.7 Å². The Balaban J connectivity index is 1.71. The zero-order valence-corrected chi connectivity index (χ0v) is 16.8. The molecule has 0 aromatic rings. The van der Waals surface area contributed by atoms with Crippen molar-refractivity contribution in [2.24, 2.45) is 34.5 Å². The van der Waals surface area contributed by atoms with Crippen molar-refractivity contribution >= 4 is 23.3 Å². The predicted molar refractivity (Wildman–Crippen MR) is 104 cm³/mol. The minimum absolute atomic E-state index is 0.0641. The van der Waals surface area contributed by atoms with Gasteiger partial charge >= 0.3 is 0 Å². The van der Waals surface area contributed by atoms with Crippen LogP contribution < -0.4 is 0 Å². The molecule has 0 spiro atoms. The molecule has 2 nitrogen and oxygen atoms in total. The van der Waals surface area contributed by atoms with Crippen LogP contribution >= 0.6 is 11.8 Å². The van der Waals surface area contributed by atoms with Crippen molar-refractivity contribution in [1.82, 2.24) is 0 Å². The first-order valence-corrected chi connectivity index (χ1v) is 11.4. The van der Waals surface area contributed by atoms with Crippen molar-refractivity contribution in [2.45, 2.75) is 65.7 Å². The molecule has 0 aliphatic heterocycles. The zero-order chi connectivity index (χ0) is 17.8. The second kappa shape index (κ2) is 6.25. The number of allylic oxidation sites excluding steroid dienone is 1. The number of fused-ring (bicyclic) bond motifs is 5. The number of ketones is 2. The maximum Gasteiger partial charge on any atom is 0.155 e. The second-order valence-corrected chi connectivity index (χ2v) is 10.6. The average Bonchev–Trinajstić information content (AvgIpc) is 2.84. The van der Waals surface area contributed by atoms with Gasteiger partial charge in [0.25, 0.3) is 0 Å².